The van der Waals surface area contributed by atoms with Gasteiger partial charge in [0, 0.05) is 11.8 Å². The topological polar surface area (TPSA) is 23.9 Å². The first-order chi connectivity index (χ1) is 17.2. The minimum Gasteiger partial charge on any atom is -0.308 e. The Kier molecular flexibility index (Phi) is 6.24. The highest BCUT2D eigenvalue weighted by molar-refractivity contribution is 6.15. The van der Waals surface area contributed by atoms with Gasteiger partial charge in [0.15, 0.2) is 0 Å². The van der Waals surface area contributed by atoms with Crippen LogP contribution in [0.1, 0.15) is 16.7 Å². The van der Waals surface area contributed by atoms with Gasteiger partial charge in [0.25, 0.3) is 0 Å². The second kappa shape index (κ2) is 9.79. The summed E-state index contributed by atoms with van der Waals surface area (Å²) in [5, 5.41) is 10.8. The fraction of sp³-hybridized carbons (Fsp3) is 0.0294. The van der Waals surface area contributed by atoms with Crippen molar-refractivity contribution in [3.63, 3.8) is 0 Å². The highest BCUT2D eigenvalue weighted by atomic mass is 14.3. The SMILES string of the molecule is C=C/C=C\c1c(C=N)c(-c2ccccc2)c2ccccc2c1-c1cccc(-c2ccccc2C)c1. The van der Waals surface area contributed by atoms with Crippen LogP contribution in [0.2, 0.25) is 0 Å². The smallest absolute Gasteiger partial charge is 0.0263 e. The van der Waals surface area contributed by atoms with Gasteiger partial charge in [-0.1, -0.05) is 122 Å². The number of allylic oxidation sites excluding steroid dienone is 2. The molecule has 5 rings (SSSR count). The molecule has 35 heavy (non-hydrogen) atoms. The lowest BCUT2D eigenvalue weighted by molar-refractivity contribution is 1.46. The van der Waals surface area contributed by atoms with E-state index in [2.05, 4.69) is 117 Å². The van der Waals surface area contributed by atoms with Crippen molar-refractivity contribution >= 4 is 23.1 Å². The number of rotatable bonds is 6. The first kappa shape index (κ1) is 22.3. The van der Waals surface area contributed by atoms with Gasteiger partial charge >= 0.3 is 0 Å². The molecule has 0 aliphatic heterocycles. The second-order valence-corrected chi connectivity index (χ2v) is 8.62. The maximum Gasteiger partial charge on any atom is 0.0263 e. The molecule has 168 valence electrons. The monoisotopic (exact) mass is 449 g/mol. The predicted octanol–water partition coefficient (Wildman–Crippen LogP) is 9.35. The molecular weight excluding hydrogens is 422 g/mol. The summed E-state index contributed by atoms with van der Waals surface area (Å²) in [5.41, 5.74) is 10.1. The van der Waals surface area contributed by atoms with Gasteiger partial charge in [-0.3, -0.25) is 0 Å². The molecule has 0 heterocycles. The molecule has 1 N–H and O–H groups in total. The average molecular weight is 450 g/mol. The van der Waals surface area contributed by atoms with Crippen LogP contribution >= 0.6 is 0 Å². The Labute approximate surface area is 207 Å². The second-order valence-electron chi connectivity index (χ2n) is 8.62. The Hall–Kier alpha value is -4.49. The Morgan fingerprint density at radius 3 is 1.91 bits per heavy atom. The van der Waals surface area contributed by atoms with Gasteiger partial charge in [0.1, 0.15) is 0 Å². The van der Waals surface area contributed by atoms with E-state index in [0.29, 0.717) is 0 Å². The van der Waals surface area contributed by atoms with Crippen LogP contribution in [-0.2, 0) is 0 Å². The van der Waals surface area contributed by atoms with Gasteiger partial charge in [0.2, 0.25) is 0 Å². The number of nitrogens with one attached hydrogen (secondary N) is 1. The summed E-state index contributed by atoms with van der Waals surface area (Å²) in [6, 6.07) is 36.1. The molecule has 5 aromatic carbocycles. The molecule has 1 heteroatoms. The number of fused-ring (bicyclic) bond motifs is 1. The molecule has 0 atom stereocenters. The zero-order chi connectivity index (χ0) is 24.2. The first-order valence-electron chi connectivity index (χ1n) is 11.8. The minimum atomic E-state index is 0.907. The van der Waals surface area contributed by atoms with Gasteiger partial charge in [-0.15, -0.1) is 0 Å². The average Bonchev–Trinajstić information content (AvgIpc) is 2.91. The molecule has 0 saturated heterocycles. The fourth-order valence-corrected chi connectivity index (χ4v) is 4.93. The highest BCUT2D eigenvalue weighted by Crippen LogP contribution is 2.43. The third-order valence-corrected chi connectivity index (χ3v) is 6.51. The number of aryl methyl sites for hydroxylation is 1. The quantitative estimate of drug-likeness (QED) is 0.197. The molecule has 1 nitrogen and oxygen atoms in total. The van der Waals surface area contributed by atoms with E-state index in [0.717, 1.165) is 38.8 Å². The van der Waals surface area contributed by atoms with Gasteiger partial charge in [-0.05, 0) is 68.3 Å². The normalized spacial score (nSPS) is 11.1. The van der Waals surface area contributed by atoms with Crippen LogP contribution in [-0.4, -0.2) is 6.21 Å². The van der Waals surface area contributed by atoms with E-state index in [9.17, 15) is 0 Å². The molecule has 0 unspecified atom stereocenters. The van der Waals surface area contributed by atoms with Crippen molar-refractivity contribution in [1.29, 1.82) is 5.41 Å². The molecule has 0 amide bonds. The zero-order valence-corrected chi connectivity index (χ0v) is 19.8. The standard InChI is InChI=1S/C34H27N/c1-3-4-18-31-32(23-35)33(25-14-6-5-7-15-25)29-20-10-11-21-30(29)34(31)27-17-12-16-26(22-27)28-19-9-8-13-24(28)2/h3-23,35H,1H2,2H3/b18-4-,35-23?. The highest BCUT2D eigenvalue weighted by Gasteiger charge is 2.19. The molecule has 0 fully saturated rings. The van der Waals surface area contributed by atoms with Crippen molar-refractivity contribution in [1.82, 2.24) is 0 Å². The lowest BCUT2D eigenvalue weighted by Crippen LogP contribution is -1.99. The lowest BCUT2D eigenvalue weighted by Gasteiger charge is -2.20. The maximum absolute atomic E-state index is 8.46. The molecule has 0 radical (unpaired) electrons. The predicted molar refractivity (Wildman–Crippen MR) is 152 cm³/mol. The van der Waals surface area contributed by atoms with E-state index in [1.807, 2.05) is 12.1 Å². The molecule has 0 spiro atoms. The minimum absolute atomic E-state index is 0.907. The van der Waals surface area contributed by atoms with Gasteiger partial charge in [-0.2, -0.15) is 0 Å². The van der Waals surface area contributed by atoms with Crippen molar-refractivity contribution in [3.8, 4) is 33.4 Å². The van der Waals surface area contributed by atoms with Gasteiger partial charge in [-0.25, -0.2) is 0 Å². The van der Waals surface area contributed by atoms with Crippen LogP contribution < -0.4 is 0 Å². The summed E-state index contributed by atoms with van der Waals surface area (Å²) >= 11 is 0. The van der Waals surface area contributed by atoms with Crippen molar-refractivity contribution in [2.75, 3.05) is 0 Å². The Bertz CT molecular complexity index is 1570. The number of hydrogen-bond acceptors (Lipinski definition) is 1. The van der Waals surface area contributed by atoms with Crippen molar-refractivity contribution in [3.05, 3.63) is 139 Å². The van der Waals surface area contributed by atoms with Crippen molar-refractivity contribution in [2.24, 2.45) is 0 Å². The molecule has 0 aromatic heterocycles. The van der Waals surface area contributed by atoms with Gasteiger partial charge < -0.3 is 5.41 Å². The summed E-state index contributed by atoms with van der Waals surface area (Å²) in [6.07, 6.45) is 7.33. The van der Waals surface area contributed by atoms with Crippen LogP contribution in [0.5, 0.6) is 0 Å². The third-order valence-electron chi connectivity index (χ3n) is 6.51. The van der Waals surface area contributed by atoms with E-state index >= 15 is 0 Å². The van der Waals surface area contributed by atoms with E-state index in [-0.39, 0.29) is 0 Å². The maximum atomic E-state index is 8.46. The van der Waals surface area contributed by atoms with Crippen LogP contribution in [0.25, 0.3) is 50.2 Å². The van der Waals surface area contributed by atoms with Crippen LogP contribution in [0, 0.1) is 12.3 Å². The summed E-state index contributed by atoms with van der Waals surface area (Å²) < 4.78 is 0. The Balaban J connectivity index is 1.89. The molecular formula is C34H27N. The van der Waals surface area contributed by atoms with E-state index in [1.54, 1.807) is 6.08 Å². The van der Waals surface area contributed by atoms with Gasteiger partial charge in [0.05, 0.1) is 0 Å². The van der Waals surface area contributed by atoms with Crippen molar-refractivity contribution in [2.45, 2.75) is 6.92 Å². The van der Waals surface area contributed by atoms with E-state index in [4.69, 9.17) is 5.41 Å². The molecule has 0 aliphatic rings. The summed E-state index contributed by atoms with van der Waals surface area (Å²) in [7, 11) is 0. The largest absolute Gasteiger partial charge is 0.308 e. The molecule has 5 aromatic rings. The Morgan fingerprint density at radius 1 is 0.629 bits per heavy atom. The summed E-state index contributed by atoms with van der Waals surface area (Å²) in [5.74, 6) is 0. The summed E-state index contributed by atoms with van der Waals surface area (Å²) in [6.45, 7) is 6.05. The van der Waals surface area contributed by atoms with Crippen LogP contribution in [0.4, 0.5) is 0 Å². The van der Waals surface area contributed by atoms with Crippen LogP contribution in [0.15, 0.2) is 122 Å². The third kappa shape index (κ3) is 4.13. The van der Waals surface area contributed by atoms with E-state index in [1.165, 1.54) is 28.3 Å². The molecule has 0 aliphatic carbocycles. The number of benzene rings is 5. The van der Waals surface area contributed by atoms with Crippen LogP contribution in [0.3, 0.4) is 0 Å². The fourth-order valence-electron chi connectivity index (χ4n) is 4.93. The Morgan fingerprint density at radius 2 is 1.23 bits per heavy atom. The summed E-state index contributed by atoms with van der Waals surface area (Å²) in [4.78, 5) is 0. The molecule has 0 saturated carbocycles. The molecule has 0 bridgehead atoms. The number of hydrogen-bond donors (Lipinski definition) is 1. The first-order valence-corrected chi connectivity index (χ1v) is 11.8. The zero-order valence-electron chi connectivity index (χ0n) is 19.8. The van der Waals surface area contributed by atoms with Crippen molar-refractivity contribution < 1.29 is 0 Å². The lowest BCUT2D eigenvalue weighted by atomic mass is 9.83. The van der Waals surface area contributed by atoms with E-state index < -0.39 is 0 Å².